The van der Waals surface area contributed by atoms with Crippen molar-refractivity contribution in [1.82, 2.24) is 0 Å². The molecular weight excluding hydrogens is 228 g/mol. The summed E-state index contributed by atoms with van der Waals surface area (Å²) in [6.07, 6.45) is 2.25. The average Bonchev–Trinajstić information content (AvgIpc) is 2.40. The summed E-state index contributed by atoms with van der Waals surface area (Å²) < 4.78 is 5.62. The first-order chi connectivity index (χ1) is 8.66. The van der Waals surface area contributed by atoms with Crippen LogP contribution < -0.4 is 11.1 Å². The zero-order valence-electron chi connectivity index (χ0n) is 10.7. The monoisotopic (exact) mass is 248 g/mol. The van der Waals surface area contributed by atoms with E-state index in [1.165, 1.54) is 0 Å². The van der Waals surface area contributed by atoms with Gasteiger partial charge in [-0.05, 0) is 18.6 Å². The summed E-state index contributed by atoms with van der Waals surface area (Å²) >= 11 is 0. The van der Waals surface area contributed by atoms with Gasteiger partial charge in [0, 0.05) is 25.1 Å². The minimum absolute atomic E-state index is 0.0995. The lowest BCUT2D eigenvalue weighted by atomic mass is 9.84. The SMILES string of the molecule is CCC1CC(Nc2ccccc2)(C(N)=O)CCO1. The second kappa shape index (κ2) is 5.40. The summed E-state index contributed by atoms with van der Waals surface area (Å²) in [5.41, 5.74) is 5.85. The van der Waals surface area contributed by atoms with Crippen LogP contribution in [0.5, 0.6) is 0 Å². The number of nitrogens with two attached hydrogens (primary N) is 1. The van der Waals surface area contributed by atoms with Gasteiger partial charge in [0.05, 0.1) is 6.10 Å². The highest BCUT2D eigenvalue weighted by atomic mass is 16.5. The Balaban J connectivity index is 2.19. The van der Waals surface area contributed by atoms with Gasteiger partial charge in [-0.2, -0.15) is 0 Å². The van der Waals surface area contributed by atoms with Crippen LogP contribution >= 0.6 is 0 Å². The highest BCUT2D eigenvalue weighted by Crippen LogP contribution is 2.30. The van der Waals surface area contributed by atoms with E-state index in [9.17, 15) is 4.79 Å². The molecule has 0 spiro atoms. The molecule has 1 aromatic carbocycles. The number of rotatable bonds is 4. The number of para-hydroxylation sites is 1. The first-order valence-electron chi connectivity index (χ1n) is 6.41. The first-order valence-corrected chi connectivity index (χ1v) is 6.41. The minimum atomic E-state index is -0.680. The summed E-state index contributed by atoms with van der Waals surface area (Å²) in [6, 6.07) is 9.71. The Hall–Kier alpha value is -1.55. The van der Waals surface area contributed by atoms with Crippen molar-refractivity contribution in [3.63, 3.8) is 0 Å². The Morgan fingerprint density at radius 1 is 1.50 bits per heavy atom. The molecule has 1 aliphatic heterocycles. The molecule has 18 heavy (non-hydrogen) atoms. The van der Waals surface area contributed by atoms with Crippen molar-refractivity contribution >= 4 is 11.6 Å². The van der Waals surface area contributed by atoms with E-state index in [0.717, 1.165) is 12.1 Å². The van der Waals surface area contributed by atoms with Crippen LogP contribution in [0.4, 0.5) is 5.69 Å². The molecule has 1 heterocycles. The van der Waals surface area contributed by atoms with Crippen LogP contribution in [0.3, 0.4) is 0 Å². The third-order valence-electron chi connectivity index (χ3n) is 3.54. The number of nitrogens with one attached hydrogen (secondary N) is 1. The smallest absolute Gasteiger partial charge is 0.243 e. The van der Waals surface area contributed by atoms with Crippen LogP contribution in [0.25, 0.3) is 0 Å². The standard InChI is InChI=1S/C14H20N2O2/c1-2-12-10-14(13(15)17,8-9-18-12)16-11-6-4-3-5-7-11/h3-7,12,16H,2,8-10H2,1H3,(H2,15,17). The fourth-order valence-electron chi connectivity index (χ4n) is 2.41. The van der Waals surface area contributed by atoms with Gasteiger partial charge in [-0.15, -0.1) is 0 Å². The summed E-state index contributed by atoms with van der Waals surface area (Å²) in [6.45, 7) is 2.63. The van der Waals surface area contributed by atoms with Gasteiger partial charge in [0.1, 0.15) is 5.54 Å². The number of ether oxygens (including phenoxy) is 1. The number of primary amides is 1. The maximum absolute atomic E-state index is 11.8. The maximum Gasteiger partial charge on any atom is 0.243 e. The van der Waals surface area contributed by atoms with E-state index >= 15 is 0 Å². The molecule has 98 valence electrons. The van der Waals surface area contributed by atoms with Crippen molar-refractivity contribution in [3.05, 3.63) is 30.3 Å². The molecule has 3 N–H and O–H groups in total. The van der Waals surface area contributed by atoms with Crippen LogP contribution in [0.15, 0.2) is 30.3 Å². The number of carbonyl (C=O) groups is 1. The van der Waals surface area contributed by atoms with E-state index in [1.807, 2.05) is 30.3 Å². The van der Waals surface area contributed by atoms with E-state index in [-0.39, 0.29) is 12.0 Å². The van der Waals surface area contributed by atoms with Crippen LogP contribution in [-0.4, -0.2) is 24.2 Å². The van der Waals surface area contributed by atoms with Gasteiger partial charge in [0.15, 0.2) is 0 Å². The molecule has 1 fully saturated rings. The van der Waals surface area contributed by atoms with Gasteiger partial charge < -0.3 is 15.8 Å². The number of hydrogen-bond donors (Lipinski definition) is 2. The molecule has 1 amide bonds. The molecular formula is C14H20N2O2. The van der Waals surface area contributed by atoms with Crippen molar-refractivity contribution in [2.75, 3.05) is 11.9 Å². The topological polar surface area (TPSA) is 64.3 Å². The van der Waals surface area contributed by atoms with Gasteiger partial charge in [-0.3, -0.25) is 4.79 Å². The fraction of sp³-hybridized carbons (Fsp3) is 0.500. The predicted molar refractivity (Wildman–Crippen MR) is 71.3 cm³/mol. The third kappa shape index (κ3) is 2.64. The van der Waals surface area contributed by atoms with Gasteiger partial charge in [0.25, 0.3) is 0 Å². The lowest BCUT2D eigenvalue weighted by molar-refractivity contribution is -0.127. The van der Waals surface area contributed by atoms with Crippen LogP contribution in [-0.2, 0) is 9.53 Å². The predicted octanol–water partition coefficient (Wildman–Crippen LogP) is 1.91. The number of carbonyl (C=O) groups excluding carboxylic acids is 1. The van der Waals surface area contributed by atoms with Crippen LogP contribution in [0.2, 0.25) is 0 Å². The van der Waals surface area contributed by atoms with Gasteiger partial charge >= 0.3 is 0 Å². The Bertz CT molecular complexity index is 408. The van der Waals surface area contributed by atoms with E-state index in [1.54, 1.807) is 0 Å². The second-order valence-corrected chi connectivity index (χ2v) is 4.79. The van der Waals surface area contributed by atoms with Crippen molar-refractivity contribution in [1.29, 1.82) is 0 Å². The van der Waals surface area contributed by atoms with Crippen molar-refractivity contribution < 1.29 is 9.53 Å². The minimum Gasteiger partial charge on any atom is -0.378 e. The first kappa shape index (κ1) is 12.9. The van der Waals surface area contributed by atoms with Crippen LogP contribution in [0.1, 0.15) is 26.2 Å². The molecule has 0 bridgehead atoms. The van der Waals surface area contributed by atoms with Gasteiger partial charge in [-0.25, -0.2) is 0 Å². The van der Waals surface area contributed by atoms with E-state index in [4.69, 9.17) is 10.5 Å². The lowest BCUT2D eigenvalue weighted by Crippen LogP contribution is -2.55. The Morgan fingerprint density at radius 2 is 2.22 bits per heavy atom. The lowest BCUT2D eigenvalue weighted by Gasteiger charge is -2.39. The van der Waals surface area contributed by atoms with E-state index in [2.05, 4.69) is 12.2 Å². The molecule has 1 aromatic rings. The van der Waals surface area contributed by atoms with E-state index in [0.29, 0.717) is 19.4 Å². The Morgan fingerprint density at radius 3 is 2.83 bits per heavy atom. The number of hydrogen-bond acceptors (Lipinski definition) is 3. The zero-order chi connectivity index (χ0) is 13.0. The normalized spacial score (nSPS) is 27.7. The fourth-order valence-corrected chi connectivity index (χ4v) is 2.41. The van der Waals surface area contributed by atoms with E-state index < -0.39 is 5.54 Å². The highest BCUT2D eigenvalue weighted by Gasteiger charge is 2.41. The van der Waals surface area contributed by atoms with Gasteiger partial charge in [0.2, 0.25) is 5.91 Å². The largest absolute Gasteiger partial charge is 0.378 e. The quantitative estimate of drug-likeness (QED) is 0.855. The molecule has 0 saturated carbocycles. The molecule has 0 radical (unpaired) electrons. The second-order valence-electron chi connectivity index (χ2n) is 4.79. The molecule has 1 aliphatic rings. The number of anilines is 1. The van der Waals surface area contributed by atoms with Crippen LogP contribution in [0, 0.1) is 0 Å². The molecule has 0 aromatic heterocycles. The van der Waals surface area contributed by atoms with Crippen molar-refractivity contribution in [2.45, 2.75) is 37.8 Å². The van der Waals surface area contributed by atoms with Gasteiger partial charge in [-0.1, -0.05) is 25.1 Å². The molecule has 2 atom stereocenters. The highest BCUT2D eigenvalue weighted by molar-refractivity contribution is 5.88. The van der Waals surface area contributed by atoms with Crippen molar-refractivity contribution in [2.24, 2.45) is 5.73 Å². The zero-order valence-corrected chi connectivity index (χ0v) is 10.7. The Labute approximate surface area is 108 Å². The summed E-state index contributed by atoms with van der Waals surface area (Å²) in [5, 5.41) is 3.30. The summed E-state index contributed by atoms with van der Waals surface area (Å²) in [4.78, 5) is 11.8. The number of benzene rings is 1. The molecule has 2 rings (SSSR count). The summed E-state index contributed by atoms with van der Waals surface area (Å²) in [7, 11) is 0. The average molecular weight is 248 g/mol. The number of amides is 1. The van der Waals surface area contributed by atoms with Crippen molar-refractivity contribution in [3.8, 4) is 0 Å². The molecule has 4 nitrogen and oxygen atoms in total. The molecule has 1 saturated heterocycles. The summed E-state index contributed by atoms with van der Waals surface area (Å²) in [5.74, 6) is -0.298. The molecule has 4 heteroatoms. The molecule has 0 aliphatic carbocycles. The Kier molecular flexibility index (Phi) is 3.87. The maximum atomic E-state index is 11.8. The third-order valence-corrected chi connectivity index (χ3v) is 3.54. The molecule has 2 unspecified atom stereocenters.